The molecule has 19 heavy (non-hydrogen) atoms. The van der Waals surface area contributed by atoms with Crippen molar-refractivity contribution in [1.82, 2.24) is 10.6 Å². The SMILES string of the molecule is COC(CNC(=O)NC(C)c1ccccc1)C(=O)O. The summed E-state index contributed by atoms with van der Waals surface area (Å²) in [5, 5.41) is 13.9. The third-order valence-electron chi connectivity index (χ3n) is 2.66. The minimum Gasteiger partial charge on any atom is -0.479 e. The van der Waals surface area contributed by atoms with Gasteiger partial charge in [0.2, 0.25) is 0 Å². The molecule has 2 atom stereocenters. The number of rotatable bonds is 6. The maximum atomic E-state index is 11.6. The number of aliphatic carboxylic acids is 1. The molecule has 2 unspecified atom stereocenters. The molecule has 0 aliphatic heterocycles. The first-order valence-corrected chi connectivity index (χ1v) is 5.89. The minimum absolute atomic E-state index is 0.0842. The molecule has 1 rings (SSSR count). The monoisotopic (exact) mass is 266 g/mol. The normalized spacial score (nSPS) is 13.4. The number of benzene rings is 1. The van der Waals surface area contributed by atoms with E-state index >= 15 is 0 Å². The molecule has 1 aromatic carbocycles. The summed E-state index contributed by atoms with van der Waals surface area (Å²) < 4.78 is 4.71. The van der Waals surface area contributed by atoms with Crippen molar-refractivity contribution in [2.75, 3.05) is 13.7 Å². The van der Waals surface area contributed by atoms with Gasteiger partial charge in [0.05, 0.1) is 12.6 Å². The van der Waals surface area contributed by atoms with Gasteiger partial charge in [0.15, 0.2) is 6.10 Å². The van der Waals surface area contributed by atoms with Crippen molar-refractivity contribution >= 4 is 12.0 Å². The molecular weight excluding hydrogens is 248 g/mol. The van der Waals surface area contributed by atoms with Gasteiger partial charge < -0.3 is 20.5 Å². The zero-order valence-corrected chi connectivity index (χ0v) is 10.9. The molecule has 0 radical (unpaired) electrons. The molecular formula is C13H18N2O4. The Balaban J connectivity index is 2.41. The first-order chi connectivity index (χ1) is 9.04. The highest BCUT2D eigenvalue weighted by molar-refractivity contribution is 5.77. The van der Waals surface area contributed by atoms with Gasteiger partial charge in [0, 0.05) is 7.11 Å². The van der Waals surface area contributed by atoms with Crippen molar-refractivity contribution < 1.29 is 19.4 Å². The van der Waals surface area contributed by atoms with Crippen LogP contribution in [-0.2, 0) is 9.53 Å². The Morgan fingerprint density at radius 2 is 1.95 bits per heavy atom. The van der Waals surface area contributed by atoms with Crippen molar-refractivity contribution in [1.29, 1.82) is 0 Å². The summed E-state index contributed by atoms with van der Waals surface area (Å²) in [6, 6.07) is 8.88. The summed E-state index contributed by atoms with van der Waals surface area (Å²) in [7, 11) is 1.28. The first-order valence-electron chi connectivity index (χ1n) is 5.89. The number of nitrogens with one attached hydrogen (secondary N) is 2. The molecule has 0 aliphatic carbocycles. The number of carboxylic acid groups (broad SMARTS) is 1. The average Bonchev–Trinajstić information content (AvgIpc) is 2.40. The van der Waals surface area contributed by atoms with Crippen LogP contribution < -0.4 is 10.6 Å². The summed E-state index contributed by atoms with van der Waals surface area (Å²) in [4.78, 5) is 22.3. The molecule has 0 saturated heterocycles. The molecule has 6 nitrogen and oxygen atoms in total. The van der Waals surface area contributed by atoms with E-state index in [0.717, 1.165) is 5.56 Å². The second kappa shape index (κ2) is 7.38. The predicted octanol–water partition coefficient (Wildman–Crippen LogP) is 1.15. The van der Waals surface area contributed by atoms with Gasteiger partial charge in [-0.05, 0) is 12.5 Å². The Labute approximate surface area is 111 Å². The molecule has 3 N–H and O–H groups in total. The molecule has 0 saturated carbocycles. The van der Waals surface area contributed by atoms with E-state index in [1.807, 2.05) is 37.3 Å². The maximum absolute atomic E-state index is 11.6. The average molecular weight is 266 g/mol. The van der Waals surface area contributed by atoms with Gasteiger partial charge in [0.25, 0.3) is 0 Å². The lowest BCUT2D eigenvalue weighted by molar-refractivity contribution is -0.147. The fraction of sp³-hybridized carbons (Fsp3) is 0.385. The Hall–Kier alpha value is -2.08. The van der Waals surface area contributed by atoms with E-state index in [-0.39, 0.29) is 12.6 Å². The van der Waals surface area contributed by atoms with Crippen LogP contribution in [0.5, 0.6) is 0 Å². The zero-order valence-electron chi connectivity index (χ0n) is 10.9. The highest BCUT2D eigenvalue weighted by atomic mass is 16.5. The van der Waals surface area contributed by atoms with Crippen molar-refractivity contribution in [2.45, 2.75) is 19.1 Å². The molecule has 6 heteroatoms. The van der Waals surface area contributed by atoms with Crippen LogP contribution >= 0.6 is 0 Å². The smallest absolute Gasteiger partial charge is 0.334 e. The predicted molar refractivity (Wildman–Crippen MR) is 69.8 cm³/mol. The van der Waals surface area contributed by atoms with Gasteiger partial charge >= 0.3 is 12.0 Å². The van der Waals surface area contributed by atoms with Crippen LogP contribution in [0.1, 0.15) is 18.5 Å². The molecule has 0 aromatic heterocycles. The fourth-order valence-corrected chi connectivity index (χ4v) is 1.53. The summed E-state index contributed by atoms with van der Waals surface area (Å²) in [5.74, 6) is -1.11. The molecule has 0 fully saturated rings. The van der Waals surface area contributed by atoms with Crippen molar-refractivity contribution in [3.05, 3.63) is 35.9 Å². The summed E-state index contributed by atoms with van der Waals surface area (Å²) >= 11 is 0. The molecule has 0 aliphatic rings. The van der Waals surface area contributed by atoms with E-state index in [4.69, 9.17) is 9.84 Å². The Morgan fingerprint density at radius 3 is 2.47 bits per heavy atom. The molecule has 0 heterocycles. The number of methoxy groups -OCH3 is 1. The van der Waals surface area contributed by atoms with Gasteiger partial charge in [-0.1, -0.05) is 30.3 Å². The van der Waals surface area contributed by atoms with Gasteiger partial charge in [0.1, 0.15) is 0 Å². The largest absolute Gasteiger partial charge is 0.479 e. The lowest BCUT2D eigenvalue weighted by Gasteiger charge is -2.16. The second-order valence-electron chi connectivity index (χ2n) is 4.05. The van der Waals surface area contributed by atoms with Crippen LogP contribution in [0, 0.1) is 0 Å². The van der Waals surface area contributed by atoms with Crippen LogP contribution in [0.25, 0.3) is 0 Å². The van der Waals surface area contributed by atoms with Crippen molar-refractivity contribution in [3.63, 3.8) is 0 Å². The number of hydrogen-bond donors (Lipinski definition) is 3. The quantitative estimate of drug-likeness (QED) is 0.720. The van der Waals surface area contributed by atoms with E-state index in [2.05, 4.69) is 10.6 Å². The van der Waals surface area contributed by atoms with E-state index < -0.39 is 18.1 Å². The number of ether oxygens (including phenoxy) is 1. The van der Waals surface area contributed by atoms with Gasteiger partial charge in [-0.15, -0.1) is 0 Å². The highest BCUT2D eigenvalue weighted by Gasteiger charge is 2.17. The standard InChI is InChI=1S/C13H18N2O4/c1-9(10-6-4-3-5-7-10)15-13(18)14-8-11(19-2)12(16)17/h3-7,9,11H,8H2,1-2H3,(H,16,17)(H2,14,15,18). The molecule has 104 valence electrons. The minimum atomic E-state index is -1.11. The fourth-order valence-electron chi connectivity index (χ4n) is 1.53. The summed E-state index contributed by atoms with van der Waals surface area (Å²) in [6.07, 6.45) is -1.04. The topological polar surface area (TPSA) is 87.7 Å². The Morgan fingerprint density at radius 1 is 1.32 bits per heavy atom. The van der Waals surface area contributed by atoms with E-state index in [9.17, 15) is 9.59 Å². The number of urea groups is 1. The maximum Gasteiger partial charge on any atom is 0.334 e. The molecule has 1 aromatic rings. The molecule has 0 bridgehead atoms. The highest BCUT2D eigenvalue weighted by Crippen LogP contribution is 2.10. The van der Waals surface area contributed by atoms with Gasteiger partial charge in [-0.3, -0.25) is 0 Å². The third-order valence-corrected chi connectivity index (χ3v) is 2.66. The van der Waals surface area contributed by atoms with Crippen LogP contribution in [0.4, 0.5) is 4.79 Å². The number of carboxylic acids is 1. The summed E-state index contributed by atoms with van der Waals surface area (Å²) in [6.45, 7) is 1.76. The van der Waals surface area contributed by atoms with E-state index in [1.54, 1.807) is 0 Å². The number of carbonyl (C=O) groups is 2. The van der Waals surface area contributed by atoms with Gasteiger partial charge in [-0.2, -0.15) is 0 Å². The Kier molecular flexibility index (Phi) is 5.81. The second-order valence-corrected chi connectivity index (χ2v) is 4.05. The zero-order chi connectivity index (χ0) is 14.3. The van der Waals surface area contributed by atoms with Crippen LogP contribution in [0.2, 0.25) is 0 Å². The number of hydrogen-bond acceptors (Lipinski definition) is 3. The molecule has 0 spiro atoms. The van der Waals surface area contributed by atoms with Crippen molar-refractivity contribution in [2.24, 2.45) is 0 Å². The first kappa shape index (κ1) is 15.0. The Bertz CT molecular complexity index is 422. The van der Waals surface area contributed by atoms with E-state index in [0.29, 0.717) is 0 Å². The van der Waals surface area contributed by atoms with Crippen LogP contribution in [-0.4, -0.2) is 36.9 Å². The van der Waals surface area contributed by atoms with E-state index in [1.165, 1.54) is 7.11 Å². The lowest BCUT2D eigenvalue weighted by Crippen LogP contribution is -2.43. The lowest BCUT2D eigenvalue weighted by atomic mass is 10.1. The third kappa shape index (κ3) is 4.97. The van der Waals surface area contributed by atoms with Crippen LogP contribution in [0.15, 0.2) is 30.3 Å². The van der Waals surface area contributed by atoms with Gasteiger partial charge in [-0.25, -0.2) is 9.59 Å². The molecule has 2 amide bonds. The summed E-state index contributed by atoms with van der Waals surface area (Å²) in [5.41, 5.74) is 0.971. The van der Waals surface area contributed by atoms with Crippen molar-refractivity contribution in [3.8, 4) is 0 Å². The number of carbonyl (C=O) groups excluding carboxylic acids is 1. The van der Waals surface area contributed by atoms with Crippen LogP contribution in [0.3, 0.4) is 0 Å². The number of amides is 2.